The number of rotatable bonds is 7. The van der Waals surface area contributed by atoms with Crippen LogP contribution in [0, 0.1) is 0 Å². The van der Waals surface area contributed by atoms with Gasteiger partial charge in [-0.1, -0.05) is 6.07 Å². The van der Waals surface area contributed by atoms with Gasteiger partial charge in [-0.25, -0.2) is 0 Å². The highest BCUT2D eigenvalue weighted by atomic mass is 32.1. The maximum Gasteiger partial charge on any atom is 0.401 e. The molecule has 1 aromatic heterocycles. The number of aliphatic imine (C=N–C) groups is 1. The van der Waals surface area contributed by atoms with Crippen LogP contribution in [0.4, 0.5) is 13.2 Å². The van der Waals surface area contributed by atoms with Crippen LogP contribution in [-0.4, -0.2) is 74.8 Å². The topological polar surface area (TPSA) is 42.9 Å². The van der Waals surface area contributed by atoms with Crippen LogP contribution in [0.3, 0.4) is 0 Å². The summed E-state index contributed by atoms with van der Waals surface area (Å²) in [5.74, 6) is 0.662. The Morgan fingerprint density at radius 2 is 2.23 bits per heavy atom. The third-order valence-electron chi connectivity index (χ3n) is 4.28. The molecule has 0 aliphatic carbocycles. The van der Waals surface area contributed by atoms with Crippen LogP contribution < -0.4 is 10.6 Å². The average Bonchev–Trinajstić information content (AvgIpc) is 3.18. The largest absolute Gasteiger partial charge is 0.401 e. The highest BCUT2D eigenvalue weighted by molar-refractivity contribution is 7.10. The van der Waals surface area contributed by atoms with E-state index >= 15 is 0 Å². The molecule has 1 saturated heterocycles. The number of likely N-dealkylation sites (N-methyl/N-ethyl adjacent to an activating group) is 1. The minimum atomic E-state index is -4.15. The second kappa shape index (κ2) is 9.57. The molecular weight excluding hydrogens is 363 g/mol. The molecule has 148 valence electrons. The van der Waals surface area contributed by atoms with Crippen LogP contribution in [0.2, 0.25) is 0 Å². The Balaban J connectivity index is 1.94. The van der Waals surface area contributed by atoms with Gasteiger partial charge in [0.05, 0.1) is 19.1 Å². The lowest BCUT2D eigenvalue weighted by atomic mass is 10.2. The molecule has 5 nitrogen and oxygen atoms in total. The minimum Gasteiger partial charge on any atom is -0.357 e. The number of alkyl halides is 3. The van der Waals surface area contributed by atoms with E-state index in [4.69, 9.17) is 0 Å². The average molecular weight is 392 g/mol. The van der Waals surface area contributed by atoms with Crippen LogP contribution in [0.15, 0.2) is 22.5 Å². The van der Waals surface area contributed by atoms with E-state index in [9.17, 15) is 13.2 Å². The fourth-order valence-corrected chi connectivity index (χ4v) is 3.94. The summed E-state index contributed by atoms with van der Waals surface area (Å²) in [5.41, 5.74) is 0. The number of hydrogen-bond donors (Lipinski definition) is 2. The SMILES string of the molecule is CCNC(=NCC(c1cccs1)N(C)C)NC1CCN(CC(F)(F)F)C1. The molecule has 2 heterocycles. The Bertz CT molecular complexity index is 559. The standard InChI is InChI=1S/C17H28F3N5S/c1-4-21-16(22-10-14(24(2)3)15-6-5-9-26-15)23-13-7-8-25(11-13)12-17(18,19)20/h5-6,9,13-14H,4,7-8,10-12H2,1-3H3,(H2,21,22,23). The molecule has 0 amide bonds. The zero-order valence-electron chi connectivity index (χ0n) is 15.5. The summed E-state index contributed by atoms with van der Waals surface area (Å²) in [7, 11) is 4.04. The lowest BCUT2D eigenvalue weighted by Gasteiger charge is -2.23. The van der Waals surface area contributed by atoms with Gasteiger partial charge in [0.15, 0.2) is 5.96 Å². The summed E-state index contributed by atoms with van der Waals surface area (Å²) >= 11 is 1.70. The van der Waals surface area contributed by atoms with E-state index in [1.165, 1.54) is 9.78 Å². The molecule has 1 aromatic rings. The Hall–Kier alpha value is -1.32. The molecule has 2 N–H and O–H groups in total. The van der Waals surface area contributed by atoms with Crippen LogP contribution in [-0.2, 0) is 0 Å². The highest BCUT2D eigenvalue weighted by Crippen LogP contribution is 2.23. The molecule has 2 unspecified atom stereocenters. The van der Waals surface area contributed by atoms with Crippen molar-refractivity contribution in [1.29, 1.82) is 0 Å². The van der Waals surface area contributed by atoms with Crippen LogP contribution >= 0.6 is 11.3 Å². The normalized spacial score (nSPS) is 20.6. The fraction of sp³-hybridized carbons (Fsp3) is 0.706. The summed E-state index contributed by atoms with van der Waals surface area (Å²) in [4.78, 5) is 9.48. The maximum atomic E-state index is 12.5. The van der Waals surface area contributed by atoms with Gasteiger partial charge >= 0.3 is 6.18 Å². The van der Waals surface area contributed by atoms with Gasteiger partial charge in [-0.05, 0) is 38.9 Å². The first-order valence-corrected chi connectivity index (χ1v) is 9.70. The third-order valence-corrected chi connectivity index (χ3v) is 5.25. The van der Waals surface area contributed by atoms with E-state index in [2.05, 4.69) is 26.6 Å². The van der Waals surface area contributed by atoms with Crippen LogP contribution in [0.5, 0.6) is 0 Å². The monoisotopic (exact) mass is 391 g/mol. The molecule has 0 radical (unpaired) electrons. The second-order valence-corrected chi connectivity index (χ2v) is 7.67. The van der Waals surface area contributed by atoms with Crippen LogP contribution in [0.1, 0.15) is 24.3 Å². The molecule has 0 saturated carbocycles. The van der Waals surface area contributed by atoms with Crippen molar-refractivity contribution in [3.05, 3.63) is 22.4 Å². The van der Waals surface area contributed by atoms with Gasteiger partial charge in [-0.2, -0.15) is 13.2 Å². The minimum absolute atomic E-state index is 0.0188. The van der Waals surface area contributed by atoms with Crippen molar-refractivity contribution >= 4 is 17.3 Å². The fourth-order valence-electron chi connectivity index (χ4n) is 3.03. The van der Waals surface area contributed by atoms with Gasteiger partial charge in [0.1, 0.15) is 0 Å². The predicted molar refractivity (Wildman–Crippen MR) is 101 cm³/mol. The molecule has 26 heavy (non-hydrogen) atoms. The van der Waals surface area contributed by atoms with Gasteiger partial charge < -0.3 is 15.5 Å². The quantitative estimate of drug-likeness (QED) is 0.554. The Morgan fingerprint density at radius 1 is 1.46 bits per heavy atom. The van der Waals surface area contributed by atoms with Gasteiger partial charge in [-0.15, -0.1) is 11.3 Å². The number of thiophene rings is 1. The van der Waals surface area contributed by atoms with E-state index in [1.807, 2.05) is 32.5 Å². The lowest BCUT2D eigenvalue weighted by Crippen LogP contribution is -2.45. The Kier molecular flexibility index (Phi) is 7.72. The zero-order chi connectivity index (χ0) is 19.2. The summed E-state index contributed by atoms with van der Waals surface area (Å²) in [6, 6.07) is 4.28. The first-order chi connectivity index (χ1) is 12.3. The molecule has 0 bridgehead atoms. The van der Waals surface area contributed by atoms with E-state index < -0.39 is 12.7 Å². The van der Waals surface area contributed by atoms with Gasteiger partial charge in [-0.3, -0.25) is 9.89 Å². The maximum absolute atomic E-state index is 12.5. The van der Waals surface area contributed by atoms with Crippen molar-refractivity contribution < 1.29 is 13.2 Å². The van der Waals surface area contributed by atoms with Gasteiger partial charge in [0.25, 0.3) is 0 Å². The smallest absolute Gasteiger partial charge is 0.357 e. The van der Waals surface area contributed by atoms with Crippen molar-refractivity contribution in [2.24, 2.45) is 4.99 Å². The number of halogens is 3. The van der Waals surface area contributed by atoms with Crippen molar-refractivity contribution in [1.82, 2.24) is 20.4 Å². The first kappa shape index (κ1) is 21.0. The van der Waals surface area contributed by atoms with E-state index in [0.717, 1.165) is 0 Å². The van der Waals surface area contributed by atoms with Crippen LogP contribution in [0.25, 0.3) is 0 Å². The third kappa shape index (κ3) is 6.77. The summed E-state index contributed by atoms with van der Waals surface area (Å²) in [6.45, 7) is 3.25. The van der Waals surface area contributed by atoms with E-state index in [0.29, 0.717) is 38.6 Å². The molecule has 1 aliphatic heterocycles. The predicted octanol–water partition coefficient (Wildman–Crippen LogP) is 2.54. The summed E-state index contributed by atoms with van der Waals surface area (Å²) in [5, 5.41) is 8.53. The van der Waals surface area contributed by atoms with Crippen molar-refractivity contribution in [2.45, 2.75) is 31.6 Å². The molecule has 1 aliphatic rings. The van der Waals surface area contributed by atoms with E-state index in [1.54, 1.807) is 11.3 Å². The van der Waals surface area contributed by atoms with Gasteiger partial charge in [0.2, 0.25) is 0 Å². The molecule has 2 atom stereocenters. The second-order valence-electron chi connectivity index (χ2n) is 6.69. The molecular formula is C17H28F3N5S. The van der Waals surface area contributed by atoms with Crippen molar-refractivity contribution in [3.63, 3.8) is 0 Å². The lowest BCUT2D eigenvalue weighted by molar-refractivity contribution is -0.143. The number of nitrogens with zero attached hydrogens (tertiary/aromatic N) is 3. The Labute approximate surface area is 157 Å². The molecule has 2 rings (SSSR count). The molecule has 1 fully saturated rings. The molecule has 0 spiro atoms. The van der Waals surface area contributed by atoms with Gasteiger partial charge in [0, 0.05) is 30.6 Å². The number of nitrogens with one attached hydrogen (secondary N) is 2. The highest BCUT2D eigenvalue weighted by Gasteiger charge is 2.34. The molecule has 9 heteroatoms. The number of hydrogen-bond acceptors (Lipinski definition) is 4. The van der Waals surface area contributed by atoms with Crippen molar-refractivity contribution in [3.8, 4) is 0 Å². The number of likely N-dealkylation sites (tertiary alicyclic amines) is 1. The summed E-state index contributed by atoms with van der Waals surface area (Å²) in [6.07, 6.45) is -3.46. The zero-order valence-corrected chi connectivity index (χ0v) is 16.3. The van der Waals surface area contributed by atoms with E-state index in [-0.39, 0.29) is 12.1 Å². The molecule has 0 aromatic carbocycles. The summed E-state index contributed by atoms with van der Waals surface area (Å²) < 4.78 is 37.6. The van der Waals surface area contributed by atoms with Crippen molar-refractivity contribution in [2.75, 3.05) is 46.8 Å². The first-order valence-electron chi connectivity index (χ1n) is 8.82. The Morgan fingerprint density at radius 3 is 2.81 bits per heavy atom. The number of guanidine groups is 1.